The molecule has 2 atom stereocenters. The topological polar surface area (TPSA) is 49.4 Å². The molecule has 4 rings (SSSR count). The smallest absolute Gasteiger partial charge is 0.255 e. The molecule has 1 aliphatic carbocycles. The highest BCUT2D eigenvalue weighted by atomic mass is 16.2. The first kappa shape index (κ1) is 17.8. The van der Waals surface area contributed by atoms with Crippen molar-refractivity contribution >= 4 is 11.8 Å². The van der Waals surface area contributed by atoms with E-state index in [0.717, 1.165) is 36.8 Å². The van der Waals surface area contributed by atoms with E-state index in [-0.39, 0.29) is 23.9 Å². The van der Waals surface area contributed by atoms with Crippen LogP contribution in [-0.2, 0) is 4.79 Å². The van der Waals surface area contributed by atoms with E-state index in [1.165, 1.54) is 6.42 Å². The minimum atomic E-state index is -0.564. The second kappa shape index (κ2) is 7.55. The van der Waals surface area contributed by atoms with Crippen LogP contribution in [0.4, 0.5) is 0 Å². The fraction of sp³-hybridized carbons (Fsp3) is 0.391. The van der Waals surface area contributed by atoms with Crippen LogP contribution in [0.5, 0.6) is 0 Å². The minimum absolute atomic E-state index is 0.0528. The highest BCUT2D eigenvalue weighted by Crippen LogP contribution is 2.40. The Kier molecular flexibility index (Phi) is 4.97. The maximum Gasteiger partial charge on any atom is 0.255 e. The molecule has 2 aromatic rings. The lowest BCUT2D eigenvalue weighted by Gasteiger charge is -2.32. The molecule has 2 aliphatic rings. The van der Waals surface area contributed by atoms with Crippen LogP contribution in [0.2, 0.25) is 0 Å². The number of nitrogens with zero attached hydrogens (tertiary/aromatic N) is 1. The molecule has 140 valence electrons. The van der Waals surface area contributed by atoms with Crippen LogP contribution in [0.1, 0.15) is 72.6 Å². The van der Waals surface area contributed by atoms with Gasteiger partial charge in [-0.1, -0.05) is 67.8 Å². The minimum Gasteiger partial charge on any atom is -0.351 e. The number of hydrogen-bond acceptors (Lipinski definition) is 2. The number of carbonyl (C=O) groups is 2. The lowest BCUT2D eigenvalue weighted by Crippen LogP contribution is -2.44. The summed E-state index contributed by atoms with van der Waals surface area (Å²) < 4.78 is 0. The summed E-state index contributed by atoms with van der Waals surface area (Å²) in [4.78, 5) is 28.2. The number of nitrogens with one attached hydrogen (secondary N) is 1. The van der Waals surface area contributed by atoms with Crippen LogP contribution in [0, 0.1) is 0 Å². The van der Waals surface area contributed by atoms with Crippen molar-refractivity contribution in [1.82, 2.24) is 10.2 Å². The largest absolute Gasteiger partial charge is 0.351 e. The predicted octanol–water partition coefficient (Wildman–Crippen LogP) is 4.39. The fourth-order valence-electron chi connectivity index (χ4n) is 4.42. The molecule has 1 saturated carbocycles. The summed E-state index contributed by atoms with van der Waals surface area (Å²) in [6.45, 7) is 2.00. The van der Waals surface area contributed by atoms with Gasteiger partial charge in [-0.05, 0) is 37.0 Å². The monoisotopic (exact) mass is 362 g/mol. The summed E-state index contributed by atoms with van der Waals surface area (Å²) in [5, 5.41) is 3.23. The zero-order valence-corrected chi connectivity index (χ0v) is 15.7. The lowest BCUT2D eigenvalue weighted by molar-refractivity contribution is -0.127. The number of hydrogen-bond donors (Lipinski definition) is 1. The molecule has 1 aliphatic heterocycles. The van der Waals surface area contributed by atoms with Crippen molar-refractivity contribution in [3.8, 4) is 0 Å². The Bertz CT molecular complexity index is 827. The predicted molar refractivity (Wildman–Crippen MR) is 105 cm³/mol. The molecule has 0 saturated heterocycles. The van der Waals surface area contributed by atoms with Gasteiger partial charge in [0, 0.05) is 11.6 Å². The SMILES string of the molecule is CC(c1ccccc1)N1C(=O)c2ccccc2C1C(=O)NC1CCCCC1. The molecule has 0 radical (unpaired) electrons. The van der Waals surface area contributed by atoms with E-state index in [4.69, 9.17) is 0 Å². The van der Waals surface area contributed by atoms with Gasteiger partial charge in [0.15, 0.2) is 0 Å². The van der Waals surface area contributed by atoms with Gasteiger partial charge in [0.1, 0.15) is 6.04 Å². The summed E-state index contributed by atoms with van der Waals surface area (Å²) in [6, 6.07) is 16.9. The zero-order chi connectivity index (χ0) is 18.8. The van der Waals surface area contributed by atoms with Crippen molar-refractivity contribution in [3.63, 3.8) is 0 Å². The van der Waals surface area contributed by atoms with Crippen molar-refractivity contribution in [2.45, 2.75) is 57.2 Å². The van der Waals surface area contributed by atoms with Crippen LogP contribution in [0.25, 0.3) is 0 Å². The molecule has 0 aromatic heterocycles. The van der Waals surface area contributed by atoms with Gasteiger partial charge in [-0.15, -0.1) is 0 Å². The number of fused-ring (bicyclic) bond motifs is 1. The number of carbonyl (C=O) groups excluding carboxylic acids is 2. The van der Waals surface area contributed by atoms with Crippen molar-refractivity contribution in [1.29, 1.82) is 0 Å². The number of benzene rings is 2. The third kappa shape index (κ3) is 3.36. The molecule has 2 unspecified atom stereocenters. The summed E-state index contributed by atoms with van der Waals surface area (Å²) >= 11 is 0. The third-order valence-electron chi connectivity index (χ3n) is 5.90. The van der Waals surface area contributed by atoms with Gasteiger partial charge in [-0.3, -0.25) is 9.59 Å². The van der Waals surface area contributed by atoms with Crippen LogP contribution in [0.3, 0.4) is 0 Å². The van der Waals surface area contributed by atoms with Crippen molar-refractivity contribution in [2.24, 2.45) is 0 Å². The van der Waals surface area contributed by atoms with E-state index >= 15 is 0 Å². The second-order valence-electron chi connectivity index (χ2n) is 7.63. The Labute approximate surface area is 160 Å². The molecule has 27 heavy (non-hydrogen) atoms. The van der Waals surface area contributed by atoms with Gasteiger partial charge in [-0.2, -0.15) is 0 Å². The Morgan fingerprint density at radius 3 is 2.41 bits per heavy atom. The Morgan fingerprint density at radius 1 is 1.00 bits per heavy atom. The van der Waals surface area contributed by atoms with E-state index < -0.39 is 6.04 Å². The maximum absolute atomic E-state index is 13.3. The van der Waals surface area contributed by atoms with Crippen LogP contribution >= 0.6 is 0 Å². The van der Waals surface area contributed by atoms with Crippen LogP contribution in [-0.4, -0.2) is 22.8 Å². The third-order valence-corrected chi connectivity index (χ3v) is 5.90. The summed E-state index contributed by atoms with van der Waals surface area (Å²) in [5.74, 6) is -0.117. The molecule has 2 amide bonds. The molecule has 4 heteroatoms. The second-order valence-corrected chi connectivity index (χ2v) is 7.63. The maximum atomic E-state index is 13.3. The summed E-state index contributed by atoms with van der Waals surface area (Å²) in [7, 11) is 0. The van der Waals surface area contributed by atoms with Crippen molar-refractivity contribution < 1.29 is 9.59 Å². The van der Waals surface area contributed by atoms with E-state index in [1.807, 2.05) is 61.5 Å². The van der Waals surface area contributed by atoms with Crippen molar-refractivity contribution in [2.75, 3.05) is 0 Å². The first-order valence-corrected chi connectivity index (χ1v) is 9.93. The van der Waals surface area contributed by atoms with Crippen molar-refractivity contribution in [3.05, 3.63) is 71.3 Å². The molecule has 0 bridgehead atoms. The van der Waals surface area contributed by atoms with Gasteiger partial charge in [0.05, 0.1) is 6.04 Å². The lowest BCUT2D eigenvalue weighted by atomic mass is 9.94. The van der Waals surface area contributed by atoms with E-state index in [2.05, 4.69) is 5.32 Å². The van der Waals surface area contributed by atoms with E-state index in [1.54, 1.807) is 4.90 Å². The summed E-state index contributed by atoms with van der Waals surface area (Å²) in [6.07, 6.45) is 5.63. The average molecular weight is 362 g/mol. The van der Waals surface area contributed by atoms with Gasteiger partial charge in [-0.25, -0.2) is 0 Å². The molecular weight excluding hydrogens is 336 g/mol. The molecule has 1 fully saturated rings. The van der Waals surface area contributed by atoms with Gasteiger partial charge in [0.2, 0.25) is 5.91 Å². The fourth-order valence-corrected chi connectivity index (χ4v) is 4.42. The van der Waals surface area contributed by atoms with Gasteiger partial charge >= 0.3 is 0 Å². The van der Waals surface area contributed by atoms with E-state index in [9.17, 15) is 9.59 Å². The van der Waals surface area contributed by atoms with Crippen LogP contribution < -0.4 is 5.32 Å². The molecular formula is C23H26N2O2. The van der Waals surface area contributed by atoms with Gasteiger partial charge < -0.3 is 10.2 Å². The molecule has 0 spiro atoms. The van der Waals surface area contributed by atoms with E-state index in [0.29, 0.717) is 5.56 Å². The zero-order valence-electron chi connectivity index (χ0n) is 15.7. The van der Waals surface area contributed by atoms with Crippen LogP contribution in [0.15, 0.2) is 54.6 Å². The standard InChI is InChI=1S/C23H26N2O2/c1-16(17-10-4-2-5-11-17)25-21(19-14-8-9-15-20(19)23(25)27)22(26)24-18-12-6-3-7-13-18/h2,4-5,8-11,14-16,18,21H,3,6-7,12-13H2,1H3,(H,24,26). The Balaban J connectivity index is 1.66. The number of rotatable bonds is 4. The summed E-state index contributed by atoms with van der Waals surface area (Å²) in [5.41, 5.74) is 2.50. The first-order valence-electron chi connectivity index (χ1n) is 9.93. The average Bonchev–Trinajstić information content (AvgIpc) is 3.02. The normalized spacial score (nSPS) is 21.0. The Morgan fingerprint density at radius 2 is 1.67 bits per heavy atom. The molecule has 4 nitrogen and oxygen atoms in total. The highest BCUT2D eigenvalue weighted by Gasteiger charge is 2.43. The molecule has 1 heterocycles. The highest BCUT2D eigenvalue weighted by molar-refractivity contribution is 6.05. The molecule has 2 aromatic carbocycles. The molecule has 1 N–H and O–H groups in total. The Hall–Kier alpha value is -2.62. The van der Waals surface area contributed by atoms with Gasteiger partial charge in [0.25, 0.3) is 5.91 Å². The number of amides is 2. The quantitative estimate of drug-likeness (QED) is 0.877. The first-order chi connectivity index (χ1) is 13.2.